The van der Waals surface area contributed by atoms with Gasteiger partial charge in [0.25, 0.3) is 6.02 Å². The van der Waals surface area contributed by atoms with Gasteiger partial charge in [-0.3, -0.25) is 0 Å². The summed E-state index contributed by atoms with van der Waals surface area (Å²) in [7, 11) is 1.76. The number of aliphatic imine (C=N–C) groups is 1. The van der Waals surface area contributed by atoms with Crippen molar-refractivity contribution in [1.29, 1.82) is 0 Å². The average Bonchev–Trinajstić information content (AvgIpc) is 2.47. The number of amidine groups is 1. The van der Waals surface area contributed by atoms with Gasteiger partial charge in [0.05, 0.1) is 6.10 Å². The number of methoxy groups -OCH3 is 1. The Morgan fingerprint density at radius 1 is 1.69 bits per heavy atom. The molecule has 2 rings (SSSR count). The smallest absolute Gasteiger partial charge is 0.282 e. The highest BCUT2D eigenvalue weighted by Crippen LogP contribution is 2.35. The van der Waals surface area contributed by atoms with Crippen molar-refractivity contribution >= 4 is 6.02 Å². The fraction of sp³-hybridized carbons (Fsp3) is 0.889. The van der Waals surface area contributed by atoms with Crippen LogP contribution in [0.1, 0.15) is 25.7 Å². The Bertz CT molecular complexity index is 230. The molecule has 0 amide bonds. The molecule has 1 fully saturated rings. The zero-order valence-corrected chi connectivity index (χ0v) is 7.95. The summed E-state index contributed by atoms with van der Waals surface area (Å²) in [5, 5.41) is 0. The van der Waals surface area contributed by atoms with Gasteiger partial charge in [-0.1, -0.05) is 0 Å². The van der Waals surface area contributed by atoms with Crippen molar-refractivity contribution in [2.45, 2.75) is 37.3 Å². The molecular weight excluding hydrogens is 168 g/mol. The normalized spacial score (nSPS) is 38.8. The van der Waals surface area contributed by atoms with Gasteiger partial charge in [-0.05, 0) is 19.3 Å². The van der Waals surface area contributed by atoms with Crippen molar-refractivity contribution < 1.29 is 9.47 Å². The summed E-state index contributed by atoms with van der Waals surface area (Å²) in [5.41, 5.74) is 5.45. The van der Waals surface area contributed by atoms with Gasteiger partial charge in [0.1, 0.15) is 12.1 Å². The SMILES string of the molecule is COC1CCCC2(COC(N)=N2)C1. The Morgan fingerprint density at radius 3 is 3.15 bits per heavy atom. The monoisotopic (exact) mass is 184 g/mol. The first-order chi connectivity index (χ1) is 6.24. The van der Waals surface area contributed by atoms with E-state index in [-0.39, 0.29) is 5.54 Å². The number of ether oxygens (including phenoxy) is 2. The van der Waals surface area contributed by atoms with E-state index in [1.807, 2.05) is 0 Å². The Balaban J connectivity index is 2.06. The fourth-order valence-corrected chi connectivity index (χ4v) is 2.23. The Hall–Kier alpha value is -0.770. The second kappa shape index (κ2) is 3.18. The summed E-state index contributed by atoms with van der Waals surface area (Å²) in [6.45, 7) is 0.638. The fourth-order valence-electron chi connectivity index (χ4n) is 2.23. The van der Waals surface area contributed by atoms with E-state index in [1.165, 1.54) is 0 Å². The van der Waals surface area contributed by atoms with Gasteiger partial charge in [-0.15, -0.1) is 0 Å². The lowest BCUT2D eigenvalue weighted by Gasteiger charge is -2.33. The van der Waals surface area contributed by atoms with E-state index in [0.717, 1.165) is 25.7 Å². The van der Waals surface area contributed by atoms with Crippen LogP contribution >= 0.6 is 0 Å². The number of rotatable bonds is 1. The minimum absolute atomic E-state index is 0.0665. The molecule has 0 bridgehead atoms. The molecule has 1 aliphatic heterocycles. The van der Waals surface area contributed by atoms with Gasteiger partial charge in [0, 0.05) is 13.5 Å². The van der Waals surface area contributed by atoms with Gasteiger partial charge < -0.3 is 15.2 Å². The summed E-state index contributed by atoms with van der Waals surface area (Å²) >= 11 is 0. The second-order valence-electron chi connectivity index (χ2n) is 3.92. The van der Waals surface area contributed by atoms with Gasteiger partial charge in [0.2, 0.25) is 0 Å². The molecule has 2 N–H and O–H groups in total. The molecule has 0 aromatic heterocycles. The van der Waals surface area contributed by atoms with E-state index >= 15 is 0 Å². The Labute approximate surface area is 78.1 Å². The van der Waals surface area contributed by atoms with Crippen LogP contribution in [0.5, 0.6) is 0 Å². The lowest BCUT2D eigenvalue weighted by Crippen LogP contribution is -2.37. The highest BCUT2D eigenvalue weighted by atomic mass is 16.5. The number of nitrogens with two attached hydrogens (primary N) is 1. The molecule has 0 aromatic rings. The maximum Gasteiger partial charge on any atom is 0.282 e. The van der Waals surface area contributed by atoms with Gasteiger partial charge in [-0.25, -0.2) is 4.99 Å². The van der Waals surface area contributed by atoms with Crippen molar-refractivity contribution in [3.8, 4) is 0 Å². The van der Waals surface area contributed by atoms with Gasteiger partial charge in [-0.2, -0.15) is 0 Å². The van der Waals surface area contributed by atoms with Crippen LogP contribution in [0.25, 0.3) is 0 Å². The largest absolute Gasteiger partial charge is 0.463 e. The topological polar surface area (TPSA) is 56.8 Å². The van der Waals surface area contributed by atoms with Crippen molar-refractivity contribution in [2.24, 2.45) is 10.7 Å². The number of nitrogens with zero attached hydrogens (tertiary/aromatic N) is 1. The van der Waals surface area contributed by atoms with Crippen molar-refractivity contribution in [3.63, 3.8) is 0 Å². The highest BCUT2D eigenvalue weighted by molar-refractivity contribution is 5.73. The second-order valence-corrected chi connectivity index (χ2v) is 3.92. The molecule has 74 valence electrons. The molecule has 0 saturated heterocycles. The molecule has 4 heteroatoms. The lowest BCUT2D eigenvalue weighted by molar-refractivity contribution is 0.0351. The molecule has 0 aromatic carbocycles. The molecule has 4 nitrogen and oxygen atoms in total. The molecule has 13 heavy (non-hydrogen) atoms. The summed E-state index contributed by atoms with van der Waals surface area (Å²) in [6.07, 6.45) is 4.64. The molecule has 2 unspecified atom stereocenters. The van der Waals surface area contributed by atoms with E-state index in [0.29, 0.717) is 18.7 Å². The number of hydrogen-bond acceptors (Lipinski definition) is 4. The van der Waals surface area contributed by atoms with E-state index in [4.69, 9.17) is 15.2 Å². The van der Waals surface area contributed by atoms with Crippen molar-refractivity contribution in [2.75, 3.05) is 13.7 Å². The molecule has 1 saturated carbocycles. The Kier molecular flexibility index (Phi) is 2.15. The zero-order valence-electron chi connectivity index (χ0n) is 7.95. The van der Waals surface area contributed by atoms with Crippen LogP contribution in [0, 0.1) is 0 Å². The average molecular weight is 184 g/mol. The first-order valence-corrected chi connectivity index (χ1v) is 4.75. The highest BCUT2D eigenvalue weighted by Gasteiger charge is 2.40. The van der Waals surface area contributed by atoms with Crippen LogP contribution < -0.4 is 5.73 Å². The standard InChI is InChI=1S/C9H16N2O2/c1-12-7-3-2-4-9(5-7)6-13-8(10)11-9/h7H,2-6H2,1H3,(H2,10,11). The Morgan fingerprint density at radius 2 is 2.54 bits per heavy atom. The maximum atomic E-state index is 5.51. The first kappa shape index (κ1) is 8.81. The molecule has 1 aliphatic carbocycles. The summed E-state index contributed by atoms with van der Waals surface area (Å²) in [6, 6.07) is 0.344. The first-order valence-electron chi connectivity index (χ1n) is 4.75. The van der Waals surface area contributed by atoms with Crippen LogP contribution in [-0.2, 0) is 9.47 Å². The van der Waals surface area contributed by atoms with Crippen LogP contribution in [0.3, 0.4) is 0 Å². The van der Waals surface area contributed by atoms with E-state index in [9.17, 15) is 0 Å². The molecule has 1 heterocycles. The van der Waals surface area contributed by atoms with Crippen LogP contribution in [-0.4, -0.2) is 31.4 Å². The quantitative estimate of drug-likeness (QED) is 0.651. The van der Waals surface area contributed by atoms with Crippen LogP contribution in [0.15, 0.2) is 4.99 Å². The predicted octanol–water partition coefficient (Wildman–Crippen LogP) is 0.659. The zero-order chi connectivity index (χ0) is 9.31. The van der Waals surface area contributed by atoms with Crippen molar-refractivity contribution in [3.05, 3.63) is 0 Å². The van der Waals surface area contributed by atoms with E-state index in [1.54, 1.807) is 7.11 Å². The lowest BCUT2D eigenvalue weighted by atomic mass is 9.81. The molecular formula is C9H16N2O2. The molecule has 1 spiro atoms. The minimum atomic E-state index is -0.0665. The van der Waals surface area contributed by atoms with E-state index < -0.39 is 0 Å². The van der Waals surface area contributed by atoms with Gasteiger partial charge >= 0.3 is 0 Å². The predicted molar refractivity (Wildman–Crippen MR) is 49.6 cm³/mol. The van der Waals surface area contributed by atoms with E-state index in [2.05, 4.69) is 4.99 Å². The van der Waals surface area contributed by atoms with Crippen LogP contribution in [0.4, 0.5) is 0 Å². The third kappa shape index (κ3) is 1.63. The molecule has 0 radical (unpaired) electrons. The number of hydrogen-bond donors (Lipinski definition) is 1. The summed E-state index contributed by atoms with van der Waals surface area (Å²) in [5.74, 6) is 0. The summed E-state index contributed by atoms with van der Waals surface area (Å²) in [4.78, 5) is 4.37. The minimum Gasteiger partial charge on any atom is -0.463 e. The van der Waals surface area contributed by atoms with Crippen LogP contribution in [0.2, 0.25) is 0 Å². The third-order valence-electron chi connectivity index (χ3n) is 2.95. The molecule has 2 aliphatic rings. The van der Waals surface area contributed by atoms with Gasteiger partial charge in [0.15, 0.2) is 0 Å². The maximum absolute atomic E-state index is 5.51. The molecule has 2 atom stereocenters. The third-order valence-corrected chi connectivity index (χ3v) is 2.95. The van der Waals surface area contributed by atoms with Crippen molar-refractivity contribution in [1.82, 2.24) is 0 Å². The summed E-state index contributed by atoms with van der Waals surface area (Å²) < 4.78 is 10.6.